The van der Waals surface area contributed by atoms with E-state index in [-0.39, 0.29) is 5.41 Å². The highest BCUT2D eigenvalue weighted by molar-refractivity contribution is 6.30. The molecule has 0 fully saturated rings. The monoisotopic (exact) mass is 389 g/mol. The topological polar surface area (TPSA) is 56.5 Å². The van der Waals surface area contributed by atoms with Crippen LogP contribution in [-0.2, 0) is 5.41 Å². The highest BCUT2D eigenvalue weighted by atomic mass is 35.5. The molecule has 0 aliphatic heterocycles. The predicted octanol–water partition coefficient (Wildman–Crippen LogP) is 5.34. The molecule has 0 saturated carbocycles. The summed E-state index contributed by atoms with van der Waals surface area (Å²) in [5.41, 5.74) is 4.45. The Bertz CT molecular complexity index is 1100. The van der Waals surface area contributed by atoms with Crippen LogP contribution in [0.2, 0.25) is 5.02 Å². The highest BCUT2D eigenvalue weighted by Gasteiger charge is 2.22. The molecule has 0 N–H and O–H groups in total. The van der Waals surface area contributed by atoms with Crippen molar-refractivity contribution in [1.29, 1.82) is 0 Å². The van der Waals surface area contributed by atoms with Crippen LogP contribution in [0.3, 0.4) is 0 Å². The fourth-order valence-electron chi connectivity index (χ4n) is 2.86. The van der Waals surface area contributed by atoms with E-state index in [2.05, 4.69) is 37.0 Å². The molecule has 6 heteroatoms. The van der Waals surface area contributed by atoms with E-state index in [1.807, 2.05) is 54.6 Å². The van der Waals surface area contributed by atoms with Gasteiger partial charge in [0.2, 0.25) is 0 Å². The maximum Gasteiger partial charge on any atom is 0.271 e. The molecule has 0 saturated heterocycles. The molecule has 0 aliphatic rings. The number of hydrogen-bond donors (Lipinski definition) is 0. The molecular formula is C22H20ClN5. The standard InChI is InChI=1S/C22H20ClN5/c1-22(2,3)20-13-19(16-9-11-17(23)12-10-16)28(27-20)21-25-18(14-24-26-21)15-7-5-4-6-8-15/h4-14H,1-3H3. The molecule has 28 heavy (non-hydrogen) atoms. The number of halogens is 1. The zero-order valence-electron chi connectivity index (χ0n) is 16.0. The Kier molecular flexibility index (Phi) is 4.69. The molecule has 5 nitrogen and oxygen atoms in total. The second-order valence-electron chi connectivity index (χ2n) is 7.59. The lowest BCUT2D eigenvalue weighted by atomic mass is 9.92. The van der Waals surface area contributed by atoms with Gasteiger partial charge < -0.3 is 0 Å². The third-order valence-electron chi connectivity index (χ3n) is 4.42. The minimum atomic E-state index is -0.114. The summed E-state index contributed by atoms with van der Waals surface area (Å²) >= 11 is 6.07. The lowest BCUT2D eigenvalue weighted by Crippen LogP contribution is -2.13. The first-order chi connectivity index (χ1) is 13.4. The average Bonchev–Trinajstić information content (AvgIpc) is 3.15. The van der Waals surface area contributed by atoms with Gasteiger partial charge >= 0.3 is 0 Å². The van der Waals surface area contributed by atoms with Crippen molar-refractivity contribution in [2.45, 2.75) is 26.2 Å². The normalized spacial score (nSPS) is 11.6. The van der Waals surface area contributed by atoms with Gasteiger partial charge in [-0.25, -0.2) is 4.98 Å². The number of benzene rings is 2. The lowest BCUT2D eigenvalue weighted by Gasteiger charge is -2.14. The van der Waals surface area contributed by atoms with Crippen LogP contribution >= 0.6 is 11.6 Å². The smallest absolute Gasteiger partial charge is 0.208 e. The zero-order valence-corrected chi connectivity index (χ0v) is 16.7. The molecule has 2 aromatic heterocycles. The highest BCUT2D eigenvalue weighted by Crippen LogP contribution is 2.29. The molecule has 140 valence electrons. The van der Waals surface area contributed by atoms with Gasteiger partial charge in [-0.15, -0.1) is 5.10 Å². The quantitative estimate of drug-likeness (QED) is 0.474. The van der Waals surface area contributed by atoms with Gasteiger partial charge in [-0.3, -0.25) is 0 Å². The van der Waals surface area contributed by atoms with Gasteiger partial charge in [0, 0.05) is 21.6 Å². The largest absolute Gasteiger partial charge is 0.271 e. The minimum Gasteiger partial charge on any atom is -0.208 e. The van der Waals surface area contributed by atoms with Crippen LogP contribution in [0.1, 0.15) is 26.5 Å². The molecule has 4 aromatic rings. The first-order valence-corrected chi connectivity index (χ1v) is 9.41. The molecule has 0 unspecified atom stereocenters. The van der Waals surface area contributed by atoms with E-state index in [1.54, 1.807) is 10.9 Å². The summed E-state index contributed by atoms with van der Waals surface area (Å²) in [6, 6.07) is 19.7. The molecule has 0 radical (unpaired) electrons. The molecule has 0 aliphatic carbocycles. The van der Waals surface area contributed by atoms with Gasteiger partial charge in [-0.1, -0.05) is 74.8 Å². The summed E-state index contributed by atoms with van der Waals surface area (Å²) in [7, 11) is 0. The summed E-state index contributed by atoms with van der Waals surface area (Å²) in [4.78, 5) is 4.71. The van der Waals surface area contributed by atoms with Crippen LogP contribution in [0.15, 0.2) is 66.9 Å². The van der Waals surface area contributed by atoms with Crippen molar-refractivity contribution in [3.63, 3.8) is 0 Å². The van der Waals surface area contributed by atoms with Crippen LogP contribution in [0.4, 0.5) is 0 Å². The zero-order chi connectivity index (χ0) is 19.7. The van der Waals surface area contributed by atoms with E-state index < -0.39 is 0 Å². The maximum atomic E-state index is 6.07. The van der Waals surface area contributed by atoms with Crippen LogP contribution in [0.5, 0.6) is 0 Å². The third-order valence-corrected chi connectivity index (χ3v) is 4.68. The van der Waals surface area contributed by atoms with E-state index in [4.69, 9.17) is 21.7 Å². The molecule has 0 bridgehead atoms. The van der Waals surface area contributed by atoms with Crippen molar-refractivity contribution in [2.24, 2.45) is 0 Å². The second kappa shape index (κ2) is 7.17. The Labute approximate surface area is 169 Å². The molecule has 0 amide bonds. The van der Waals surface area contributed by atoms with E-state index in [9.17, 15) is 0 Å². The molecule has 2 aromatic carbocycles. The molecule has 2 heterocycles. The van der Waals surface area contributed by atoms with Gasteiger partial charge in [-0.05, 0) is 18.2 Å². The van der Waals surface area contributed by atoms with Crippen molar-refractivity contribution >= 4 is 11.6 Å². The van der Waals surface area contributed by atoms with Crippen LogP contribution in [0.25, 0.3) is 28.5 Å². The Balaban J connectivity index is 1.87. The van der Waals surface area contributed by atoms with Crippen LogP contribution in [0, 0.1) is 0 Å². The maximum absolute atomic E-state index is 6.07. The first-order valence-electron chi connectivity index (χ1n) is 9.04. The van der Waals surface area contributed by atoms with Crippen molar-refractivity contribution in [3.05, 3.63) is 77.6 Å². The SMILES string of the molecule is CC(C)(C)c1cc(-c2ccc(Cl)cc2)n(-c2nncc(-c3ccccc3)n2)n1. The number of aromatic nitrogens is 5. The molecule has 0 atom stereocenters. The van der Waals surface area contributed by atoms with Crippen molar-refractivity contribution < 1.29 is 0 Å². The van der Waals surface area contributed by atoms with E-state index in [0.29, 0.717) is 11.0 Å². The molecule has 4 rings (SSSR count). The number of hydrogen-bond acceptors (Lipinski definition) is 4. The van der Waals surface area contributed by atoms with Crippen LogP contribution < -0.4 is 0 Å². The van der Waals surface area contributed by atoms with E-state index in [1.165, 1.54) is 0 Å². The Morgan fingerprint density at radius 2 is 1.61 bits per heavy atom. The molecular weight excluding hydrogens is 370 g/mol. The minimum absolute atomic E-state index is 0.114. The van der Waals surface area contributed by atoms with Gasteiger partial charge in [0.25, 0.3) is 5.95 Å². The van der Waals surface area contributed by atoms with E-state index in [0.717, 1.165) is 28.2 Å². The number of nitrogens with zero attached hydrogens (tertiary/aromatic N) is 5. The van der Waals surface area contributed by atoms with Gasteiger partial charge in [0.15, 0.2) is 0 Å². The molecule has 0 spiro atoms. The Morgan fingerprint density at radius 1 is 0.893 bits per heavy atom. The van der Waals surface area contributed by atoms with Crippen molar-refractivity contribution in [1.82, 2.24) is 25.0 Å². The summed E-state index contributed by atoms with van der Waals surface area (Å²) < 4.78 is 1.75. The summed E-state index contributed by atoms with van der Waals surface area (Å²) in [5.74, 6) is 0.432. The first kappa shape index (κ1) is 18.3. The fraction of sp³-hybridized carbons (Fsp3) is 0.182. The van der Waals surface area contributed by atoms with E-state index >= 15 is 0 Å². The summed E-state index contributed by atoms with van der Waals surface area (Å²) in [6.45, 7) is 6.39. The summed E-state index contributed by atoms with van der Waals surface area (Å²) in [6.07, 6.45) is 1.66. The third kappa shape index (κ3) is 3.66. The van der Waals surface area contributed by atoms with Crippen molar-refractivity contribution in [3.8, 4) is 28.5 Å². The van der Waals surface area contributed by atoms with Gasteiger partial charge in [0.05, 0.1) is 23.3 Å². The predicted molar refractivity (Wildman–Crippen MR) is 112 cm³/mol. The Morgan fingerprint density at radius 3 is 2.29 bits per heavy atom. The van der Waals surface area contributed by atoms with Gasteiger partial charge in [0.1, 0.15) is 0 Å². The Hall–Kier alpha value is -3.05. The average molecular weight is 390 g/mol. The lowest BCUT2D eigenvalue weighted by molar-refractivity contribution is 0.557. The summed E-state index contributed by atoms with van der Waals surface area (Å²) in [5, 5.41) is 13.9. The second-order valence-corrected chi connectivity index (χ2v) is 8.03. The van der Waals surface area contributed by atoms with Crippen LogP contribution in [-0.4, -0.2) is 25.0 Å². The van der Waals surface area contributed by atoms with Crippen molar-refractivity contribution in [2.75, 3.05) is 0 Å². The number of rotatable bonds is 3. The van der Waals surface area contributed by atoms with Gasteiger partial charge in [-0.2, -0.15) is 14.9 Å². The fourth-order valence-corrected chi connectivity index (χ4v) is 2.98.